The summed E-state index contributed by atoms with van der Waals surface area (Å²) in [6, 6.07) is 2.94. The number of ether oxygens (including phenoxy) is 2. The average molecular weight is 408 g/mol. The molecule has 9 heteroatoms. The molecule has 2 amide bonds. The van der Waals surface area contributed by atoms with Crippen LogP contribution in [0.4, 0.5) is 0 Å². The molecule has 1 aromatic rings. The summed E-state index contributed by atoms with van der Waals surface area (Å²) in [6.07, 6.45) is 0.736. The number of nitrogens with one attached hydrogen (secondary N) is 1. The third kappa shape index (κ3) is 6.90. The highest BCUT2D eigenvalue weighted by Crippen LogP contribution is 2.36. The Morgan fingerprint density at radius 3 is 2.42 bits per heavy atom. The Morgan fingerprint density at radius 2 is 1.96 bits per heavy atom. The van der Waals surface area contributed by atoms with Gasteiger partial charge in [-0.05, 0) is 31.4 Å². The van der Waals surface area contributed by atoms with E-state index in [0.717, 1.165) is 6.42 Å². The topological polar surface area (TPSA) is 117 Å². The molecule has 0 spiro atoms. The van der Waals surface area contributed by atoms with E-state index >= 15 is 0 Å². The highest BCUT2D eigenvalue weighted by molar-refractivity contribution is 6.32. The van der Waals surface area contributed by atoms with E-state index in [9.17, 15) is 9.59 Å². The highest BCUT2D eigenvalue weighted by atomic mass is 35.5. The normalized spacial score (nSPS) is 12.7. The molecule has 0 saturated heterocycles. The van der Waals surface area contributed by atoms with Gasteiger partial charge in [0.1, 0.15) is 0 Å². The molecule has 148 valence electrons. The summed E-state index contributed by atoms with van der Waals surface area (Å²) in [6.45, 7) is 5.98. The molecule has 7 nitrogen and oxygen atoms in total. The second-order valence-electron chi connectivity index (χ2n) is 6.56. The summed E-state index contributed by atoms with van der Waals surface area (Å²) in [5.41, 5.74) is 10.7. The predicted octanol–water partition coefficient (Wildman–Crippen LogP) is 2.13. The Hall–Kier alpha value is -1.70. The Kier molecular flexibility index (Phi) is 9.77. The second kappa shape index (κ2) is 10.4. The zero-order chi connectivity index (χ0) is 19.2. The lowest BCUT2D eigenvalue weighted by atomic mass is 9.90. The lowest BCUT2D eigenvalue weighted by molar-refractivity contribution is -0.119. The molecule has 0 aliphatic carbocycles. The number of nitrogens with two attached hydrogens (primary N) is 2. The van der Waals surface area contributed by atoms with Gasteiger partial charge < -0.3 is 26.3 Å². The van der Waals surface area contributed by atoms with Crippen molar-refractivity contribution >= 4 is 35.8 Å². The van der Waals surface area contributed by atoms with Crippen molar-refractivity contribution in [2.45, 2.75) is 32.7 Å². The number of rotatable bonds is 9. The van der Waals surface area contributed by atoms with Crippen LogP contribution < -0.4 is 26.3 Å². The van der Waals surface area contributed by atoms with Gasteiger partial charge >= 0.3 is 0 Å². The van der Waals surface area contributed by atoms with Gasteiger partial charge in [0.15, 0.2) is 18.1 Å². The number of carbonyl (C=O) groups excluding carboxylic acids is 2. The van der Waals surface area contributed by atoms with Crippen molar-refractivity contribution < 1.29 is 19.1 Å². The van der Waals surface area contributed by atoms with Crippen LogP contribution in [0, 0.1) is 5.92 Å². The van der Waals surface area contributed by atoms with E-state index in [1.807, 2.05) is 6.92 Å². The molecule has 0 aliphatic rings. The molecular weight excluding hydrogens is 381 g/mol. The molecule has 0 fully saturated rings. The number of halogens is 2. The average Bonchev–Trinajstić information content (AvgIpc) is 2.51. The number of carbonyl (C=O) groups is 2. The first-order chi connectivity index (χ1) is 11.6. The van der Waals surface area contributed by atoms with Crippen molar-refractivity contribution in [1.82, 2.24) is 5.32 Å². The van der Waals surface area contributed by atoms with E-state index in [0.29, 0.717) is 18.0 Å². The van der Waals surface area contributed by atoms with Crippen LogP contribution in [-0.2, 0) is 4.79 Å². The van der Waals surface area contributed by atoms with Gasteiger partial charge in [-0.2, -0.15) is 0 Å². The van der Waals surface area contributed by atoms with Gasteiger partial charge in [0.2, 0.25) is 0 Å². The molecule has 1 unspecified atom stereocenters. The lowest BCUT2D eigenvalue weighted by Gasteiger charge is -2.31. The van der Waals surface area contributed by atoms with Crippen molar-refractivity contribution in [3.05, 3.63) is 22.7 Å². The minimum Gasteiger partial charge on any atom is -0.493 e. The molecule has 0 bridgehead atoms. The first-order valence-corrected chi connectivity index (χ1v) is 8.31. The quantitative estimate of drug-likeness (QED) is 0.579. The Labute approximate surface area is 165 Å². The van der Waals surface area contributed by atoms with E-state index in [-0.39, 0.29) is 41.4 Å². The fourth-order valence-electron chi connectivity index (χ4n) is 2.57. The molecule has 0 aromatic heterocycles. The minimum atomic E-state index is -0.646. The number of primary amides is 1. The maximum Gasteiger partial charge on any atom is 0.255 e. The van der Waals surface area contributed by atoms with Crippen LogP contribution in [0.1, 0.15) is 37.6 Å². The van der Waals surface area contributed by atoms with Crippen LogP contribution in [0.25, 0.3) is 0 Å². The smallest absolute Gasteiger partial charge is 0.255 e. The number of methoxy groups -OCH3 is 1. The minimum absolute atomic E-state index is 0. The fraction of sp³-hybridized carbons (Fsp3) is 0.529. The summed E-state index contributed by atoms with van der Waals surface area (Å²) >= 11 is 6.17. The van der Waals surface area contributed by atoms with E-state index < -0.39 is 11.4 Å². The van der Waals surface area contributed by atoms with Crippen LogP contribution in [0.2, 0.25) is 5.02 Å². The van der Waals surface area contributed by atoms with Crippen molar-refractivity contribution in [2.75, 3.05) is 20.3 Å². The summed E-state index contributed by atoms with van der Waals surface area (Å²) < 4.78 is 10.5. The monoisotopic (exact) mass is 407 g/mol. The van der Waals surface area contributed by atoms with Crippen LogP contribution in [0.3, 0.4) is 0 Å². The van der Waals surface area contributed by atoms with Gasteiger partial charge in [-0.1, -0.05) is 25.4 Å². The Balaban J connectivity index is 0.00000625. The first-order valence-electron chi connectivity index (χ1n) is 7.93. The van der Waals surface area contributed by atoms with Gasteiger partial charge in [0.25, 0.3) is 11.8 Å². The molecule has 0 heterocycles. The molecule has 0 aliphatic heterocycles. The van der Waals surface area contributed by atoms with Crippen LogP contribution in [0.15, 0.2) is 12.1 Å². The van der Waals surface area contributed by atoms with E-state index in [2.05, 4.69) is 19.2 Å². The first kappa shape index (κ1) is 24.3. The van der Waals surface area contributed by atoms with Gasteiger partial charge in [0.05, 0.1) is 12.1 Å². The summed E-state index contributed by atoms with van der Waals surface area (Å²) in [5.74, 6) is -0.209. The Morgan fingerprint density at radius 1 is 1.35 bits per heavy atom. The summed E-state index contributed by atoms with van der Waals surface area (Å²) in [7, 11) is 1.41. The fourth-order valence-corrected chi connectivity index (χ4v) is 2.83. The molecule has 26 heavy (non-hydrogen) atoms. The van der Waals surface area contributed by atoms with Crippen molar-refractivity contribution in [3.8, 4) is 11.5 Å². The Bertz CT molecular complexity index is 641. The second-order valence-corrected chi connectivity index (χ2v) is 6.97. The zero-order valence-corrected chi connectivity index (χ0v) is 17.0. The predicted molar refractivity (Wildman–Crippen MR) is 104 cm³/mol. The van der Waals surface area contributed by atoms with Crippen LogP contribution >= 0.6 is 24.0 Å². The lowest BCUT2D eigenvalue weighted by Crippen LogP contribution is -2.52. The van der Waals surface area contributed by atoms with Crippen molar-refractivity contribution in [2.24, 2.45) is 17.4 Å². The van der Waals surface area contributed by atoms with Gasteiger partial charge in [-0.3, -0.25) is 9.59 Å². The zero-order valence-electron chi connectivity index (χ0n) is 15.4. The standard InChI is InChI=1S/C17H26ClN3O4.ClH/c1-10(2)7-17(3,9-19)21-16(23)11-5-12(18)15(13(6-11)24-4)25-8-14(20)22;/h5-6,10H,7-9,19H2,1-4H3,(H2,20,22)(H,21,23);1H. The molecule has 1 aromatic carbocycles. The molecule has 1 atom stereocenters. The summed E-state index contributed by atoms with van der Waals surface area (Å²) in [4.78, 5) is 23.5. The third-order valence-corrected chi connectivity index (χ3v) is 3.86. The van der Waals surface area contributed by atoms with Crippen molar-refractivity contribution in [1.29, 1.82) is 0 Å². The molecular formula is C17H27Cl2N3O4. The van der Waals surface area contributed by atoms with E-state index in [1.54, 1.807) is 0 Å². The number of hydrogen-bond acceptors (Lipinski definition) is 5. The van der Waals surface area contributed by atoms with E-state index in [1.165, 1.54) is 19.2 Å². The summed E-state index contributed by atoms with van der Waals surface area (Å²) in [5, 5.41) is 3.09. The maximum absolute atomic E-state index is 12.6. The van der Waals surface area contributed by atoms with Crippen LogP contribution in [-0.4, -0.2) is 37.6 Å². The SMILES string of the molecule is COc1cc(C(=O)NC(C)(CN)CC(C)C)cc(Cl)c1OCC(N)=O.Cl. The molecule has 0 saturated carbocycles. The third-order valence-electron chi connectivity index (χ3n) is 3.58. The maximum atomic E-state index is 12.6. The van der Waals surface area contributed by atoms with Crippen LogP contribution in [0.5, 0.6) is 11.5 Å². The van der Waals surface area contributed by atoms with E-state index in [4.69, 9.17) is 32.5 Å². The number of amides is 2. The largest absolute Gasteiger partial charge is 0.493 e. The van der Waals surface area contributed by atoms with Gasteiger partial charge in [0, 0.05) is 17.6 Å². The van der Waals surface area contributed by atoms with Gasteiger partial charge in [-0.25, -0.2) is 0 Å². The van der Waals surface area contributed by atoms with Gasteiger partial charge in [-0.15, -0.1) is 12.4 Å². The molecule has 5 N–H and O–H groups in total. The van der Waals surface area contributed by atoms with Crippen molar-refractivity contribution in [3.63, 3.8) is 0 Å². The molecule has 0 radical (unpaired) electrons. The number of benzene rings is 1. The highest BCUT2D eigenvalue weighted by Gasteiger charge is 2.27. The number of hydrogen-bond donors (Lipinski definition) is 3. The molecule has 1 rings (SSSR count).